The van der Waals surface area contributed by atoms with E-state index in [1.54, 1.807) is 36.6 Å². The third-order valence-electron chi connectivity index (χ3n) is 3.45. The van der Waals surface area contributed by atoms with Crippen LogP contribution in [0.3, 0.4) is 0 Å². The average molecular weight is 378 g/mol. The van der Waals surface area contributed by atoms with Gasteiger partial charge in [0.1, 0.15) is 5.82 Å². The van der Waals surface area contributed by atoms with Crippen LogP contribution >= 0.6 is 11.3 Å². The van der Waals surface area contributed by atoms with E-state index >= 15 is 0 Å². The molecule has 26 heavy (non-hydrogen) atoms. The lowest BCUT2D eigenvalue weighted by molar-refractivity contribution is -0.148. The van der Waals surface area contributed by atoms with E-state index in [-0.39, 0.29) is 31.2 Å². The molecule has 8 heteroatoms. The van der Waals surface area contributed by atoms with E-state index in [0.717, 1.165) is 0 Å². The van der Waals surface area contributed by atoms with Crippen molar-refractivity contribution >= 4 is 29.1 Å². The van der Waals surface area contributed by atoms with Gasteiger partial charge in [0.2, 0.25) is 0 Å². The van der Waals surface area contributed by atoms with Crippen molar-refractivity contribution in [2.24, 2.45) is 0 Å². The van der Waals surface area contributed by atoms with Crippen LogP contribution in [0.15, 0.2) is 35.7 Å². The monoisotopic (exact) mass is 378 g/mol. The zero-order valence-corrected chi connectivity index (χ0v) is 15.0. The molecular formula is C18H19FN2O4S. The topological polar surface area (TPSA) is 84.5 Å². The van der Waals surface area contributed by atoms with Crippen molar-refractivity contribution in [1.29, 1.82) is 0 Å². The first-order chi connectivity index (χ1) is 12.5. The van der Waals surface area contributed by atoms with E-state index in [2.05, 4.69) is 10.6 Å². The summed E-state index contributed by atoms with van der Waals surface area (Å²) in [5.74, 6) is -1.67. The first-order valence-corrected chi connectivity index (χ1v) is 8.82. The molecule has 0 aliphatic rings. The van der Waals surface area contributed by atoms with Gasteiger partial charge in [0.05, 0.1) is 11.3 Å². The SMILES string of the molecule is Cc1ccc(CNC(=O)COC(=O)CCNC(=O)c2cccs2)cc1F. The van der Waals surface area contributed by atoms with Crippen LogP contribution in [-0.2, 0) is 20.9 Å². The number of halogens is 1. The maximum absolute atomic E-state index is 13.4. The number of esters is 1. The van der Waals surface area contributed by atoms with Gasteiger partial charge in [0, 0.05) is 13.1 Å². The molecule has 6 nitrogen and oxygen atoms in total. The van der Waals surface area contributed by atoms with Crippen LogP contribution in [0.25, 0.3) is 0 Å². The molecule has 2 N–H and O–H groups in total. The molecule has 2 aromatic rings. The van der Waals surface area contributed by atoms with E-state index in [1.807, 2.05) is 0 Å². The van der Waals surface area contributed by atoms with Crippen LogP contribution in [0, 0.1) is 12.7 Å². The van der Waals surface area contributed by atoms with E-state index in [0.29, 0.717) is 16.0 Å². The predicted molar refractivity (Wildman–Crippen MR) is 95.2 cm³/mol. The molecule has 2 amide bonds. The molecule has 0 saturated carbocycles. The zero-order valence-electron chi connectivity index (χ0n) is 14.2. The fourth-order valence-corrected chi connectivity index (χ4v) is 2.63. The van der Waals surface area contributed by atoms with Crippen LogP contribution in [0.5, 0.6) is 0 Å². The van der Waals surface area contributed by atoms with Crippen LogP contribution in [0.2, 0.25) is 0 Å². The fourth-order valence-electron chi connectivity index (χ4n) is 1.99. The molecular weight excluding hydrogens is 359 g/mol. The van der Waals surface area contributed by atoms with Gasteiger partial charge in [-0.05, 0) is 35.6 Å². The molecule has 138 valence electrons. The summed E-state index contributed by atoms with van der Waals surface area (Å²) in [6, 6.07) is 8.13. The number of carbonyl (C=O) groups excluding carboxylic acids is 3. The maximum Gasteiger partial charge on any atom is 0.308 e. The number of benzene rings is 1. The van der Waals surface area contributed by atoms with Crippen molar-refractivity contribution < 1.29 is 23.5 Å². The van der Waals surface area contributed by atoms with Crippen molar-refractivity contribution in [3.63, 3.8) is 0 Å². The Labute approximate surface area is 154 Å². The van der Waals surface area contributed by atoms with Crippen molar-refractivity contribution in [1.82, 2.24) is 10.6 Å². The molecule has 0 saturated heterocycles. The molecule has 1 heterocycles. The molecule has 0 spiro atoms. The van der Waals surface area contributed by atoms with Gasteiger partial charge in [-0.1, -0.05) is 18.2 Å². The Morgan fingerprint density at radius 1 is 1.19 bits per heavy atom. The summed E-state index contributed by atoms with van der Waals surface area (Å²) in [4.78, 5) is 35.5. The van der Waals surface area contributed by atoms with Crippen molar-refractivity contribution in [3.8, 4) is 0 Å². The largest absolute Gasteiger partial charge is 0.456 e. The summed E-state index contributed by atoms with van der Waals surface area (Å²) in [6.45, 7) is 1.50. The van der Waals surface area contributed by atoms with E-state index in [1.165, 1.54) is 17.4 Å². The molecule has 0 radical (unpaired) electrons. The summed E-state index contributed by atoms with van der Waals surface area (Å²) >= 11 is 1.30. The van der Waals surface area contributed by atoms with Gasteiger partial charge in [-0.15, -0.1) is 11.3 Å². The summed E-state index contributed by atoms with van der Waals surface area (Å²) in [6.07, 6.45) is -0.0342. The molecule has 1 aromatic heterocycles. The second-order valence-electron chi connectivity index (χ2n) is 5.50. The highest BCUT2D eigenvalue weighted by atomic mass is 32.1. The van der Waals surface area contributed by atoms with Crippen LogP contribution in [0.1, 0.15) is 27.2 Å². The molecule has 0 unspecified atom stereocenters. The molecule has 0 fully saturated rings. The van der Waals surface area contributed by atoms with Crippen molar-refractivity contribution in [2.45, 2.75) is 19.9 Å². The van der Waals surface area contributed by atoms with Gasteiger partial charge in [0.15, 0.2) is 6.61 Å². The highest BCUT2D eigenvalue weighted by Gasteiger charge is 2.10. The number of hydrogen-bond donors (Lipinski definition) is 2. The Kier molecular flexibility index (Phi) is 7.28. The summed E-state index contributed by atoms with van der Waals surface area (Å²) in [7, 11) is 0. The Hall–Kier alpha value is -2.74. The third kappa shape index (κ3) is 6.29. The van der Waals surface area contributed by atoms with Crippen LogP contribution in [-0.4, -0.2) is 30.9 Å². The number of amides is 2. The number of carbonyl (C=O) groups is 3. The highest BCUT2D eigenvalue weighted by Crippen LogP contribution is 2.09. The minimum absolute atomic E-state index is 0.0342. The molecule has 0 aliphatic heterocycles. The number of rotatable bonds is 8. The zero-order chi connectivity index (χ0) is 18.9. The lowest BCUT2D eigenvalue weighted by Gasteiger charge is -2.08. The number of aryl methyl sites for hydroxylation is 1. The Bertz CT molecular complexity index is 778. The average Bonchev–Trinajstić information content (AvgIpc) is 3.15. The van der Waals surface area contributed by atoms with Crippen LogP contribution < -0.4 is 10.6 Å². The Morgan fingerprint density at radius 2 is 2.00 bits per heavy atom. The molecule has 1 aromatic carbocycles. The number of ether oxygens (including phenoxy) is 1. The van der Waals surface area contributed by atoms with E-state index in [9.17, 15) is 18.8 Å². The van der Waals surface area contributed by atoms with Crippen LogP contribution in [0.4, 0.5) is 4.39 Å². The van der Waals surface area contributed by atoms with Gasteiger partial charge in [0.25, 0.3) is 11.8 Å². The summed E-state index contributed by atoms with van der Waals surface area (Å²) in [5.41, 5.74) is 1.14. The molecule has 2 rings (SSSR count). The second kappa shape index (κ2) is 9.67. The minimum atomic E-state index is -0.590. The Morgan fingerprint density at radius 3 is 2.69 bits per heavy atom. The number of thiophene rings is 1. The van der Waals surface area contributed by atoms with Gasteiger partial charge in [-0.25, -0.2) is 4.39 Å². The fraction of sp³-hybridized carbons (Fsp3) is 0.278. The van der Waals surface area contributed by atoms with E-state index < -0.39 is 18.5 Å². The molecule has 0 bridgehead atoms. The van der Waals surface area contributed by atoms with Gasteiger partial charge < -0.3 is 15.4 Å². The standard InChI is InChI=1S/C18H19FN2O4S/c1-12-4-5-13(9-14(12)19)10-21-16(22)11-25-17(23)6-7-20-18(24)15-3-2-8-26-15/h2-5,8-9H,6-7,10-11H2,1H3,(H,20,24)(H,21,22). The van der Waals surface area contributed by atoms with Gasteiger partial charge in [-0.2, -0.15) is 0 Å². The Balaban J connectivity index is 1.61. The first kappa shape index (κ1) is 19.6. The highest BCUT2D eigenvalue weighted by molar-refractivity contribution is 7.12. The predicted octanol–water partition coefficient (Wildman–Crippen LogP) is 2.18. The molecule has 0 aliphatic carbocycles. The normalized spacial score (nSPS) is 10.2. The smallest absolute Gasteiger partial charge is 0.308 e. The minimum Gasteiger partial charge on any atom is -0.456 e. The van der Waals surface area contributed by atoms with Crippen molar-refractivity contribution in [3.05, 3.63) is 57.5 Å². The first-order valence-electron chi connectivity index (χ1n) is 7.95. The second-order valence-corrected chi connectivity index (χ2v) is 6.45. The quantitative estimate of drug-likeness (QED) is 0.690. The third-order valence-corrected chi connectivity index (χ3v) is 4.32. The molecule has 0 atom stereocenters. The maximum atomic E-state index is 13.4. The number of nitrogens with one attached hydrogen (secondary N) is 2. The number of hydrogen-bond acceptors (Lipinski definition) is 5. The van der Waals surface area contributed by atoms with Crippen molar-refractivity contribution in [2.75, 3.05) is 13.2 Å². The summed E-state index contributed by atoms with van der Waals surface area (Å²) < 4.78 is 18.2. The summed E-state index contributed by atoms with van der Waals surface area (Å²) in [5, 5.41) is 6.92. The van der Waals surface area contributed by atoms with Gasteiger partial charge >= 0.3 is 5.97 Å². The lowest BCUT2D eigenvalue weighted by atomic mass is 10.1. The van der Waals surface area contributed by atoms with Gasteiger partial charge in [-0.3, -0.25) is 14.4 Å². The van der Waals surface area contributed by atoms with E-state index in [4.69, 9.17) is 4.74 Å². The lowest BCUT2D eigenvalue weighted by Crippen LogP contribution is -2.30.